The summed E-state index contributed by atoms with van der Waals surface area (Å²) in [5, 5.41) is 0. The quantitative estimate of drug-likeness (QED) is 0.834. The highest BCUT2D eigenvalue weighted by Gasteiger charge is 2.31. The molecule has 5 heteroatoms. The molecule has 0 N–H and O–H groups in total. The first kappa shape index (κ1) is 14.5. The first-order chi connectivity index (χ1) is 11.1. The van der Waals surface area contributed by atoms with E-state index in [0.717, 1.165) is 50.3 Å². The molecule has 1 aromatic carbocycles. The Bertz CT molecular complexity index is 646. The summed E-state index contributed by atoms with van der Waals surface area (Å²) in [7, 11) is 1.83. The van der Waals surface area contributed by atoms with Gasteiger partial charge in [0.05, 0.1) is 6.42 Å². The second-order valence-electron chi connectivity index (χ2n) is 6.88. The van der Waals surface area contributed by atoms with E-state index in [-0.39, 0.29) is 5.91 Å². The van der Waals surface area contributed by atoms with Crippen molar-refractivity contribution in [2.24, 2.45) is 5.92 Å². The van der Waals surface area contributed by atoms with E-state index >= 15 is 0 Å². The van der Waals surface area contributed by atoms with E-state index in [4.69, 9.17) is 0 Å². The van der Waals surface area contributed by atoms with Crippen LogP contribution in [0.15, 0.2) is 18.2 Å². The Labute approximate surface area is 136 Å². The lowest BCUT2D eigenvalue weighted by molar-refractivity contribution is -0.138. The maximum atomic E-state index is 12.3. The number of hydrogen-bond donors (Lipinski definition) is 0. The molecule has 0 unspecified atom stereocenters. The number of carbonyl (C=O) groups excluding carboxylic acids is 2. The second kappa shape index (κ2) is 5.55. The Balaban J connectivity index is 1.42. The molecular formula is C18H23N3O2. The SMILES string of the molecule is CN1C(=O)Cc2cc(N3CCN(C(=O)C4CCC4)CC3)ccc21. The van der Waals surface area contributed by atoms with Crippen molar-refractivity contribution in [2.45, 2.75) is 25.7 Å². The molecule has 0 bridgehead atoms. The van der Waals surface area contributed by atoms with Crippen molar-refractivity contribution in [3.63, 3.8) is 0 Å². The highest BCUT2D eigenvalue weighted by molar-refractivity contribution is 6.01. The Hall–Kier alpha value is -2.04. The van der Waals surface area contributed by atoms with Gasteiger partial charge >= 0.3 is 0 Å². The maximum Gasteiger partial charge on any atom is 0.231 e. The van der Waals surface area contributed by atoms with Gasteiger partial charge in [-0.25, -0.2) is 0 Å². The fourth-order valence-corrected chi connectivity index (χ4v) is 3.75. The summed E-state index contributed by atoms with van der Waals surface area (Å²) in [6.07, 6.45) is 3.86. The van der Waals surface area contributed by atoms with Gasteiger partial charge in [-0.3, -0.25) is 9.59 Å². The molecule has 4 rings (SSSR count). The summed E-state index contributed by atoms with van der Waals surface area (Å²) < 4.78 is 0. The fraction of sp³-hybridized carbons (Fsp3) is 0.556. The van der Waals surface area contributed by atoms with E-state index in [1.54, 1.807) is 4.90 Å². The number of likely N-dealkylation sites (N-methyl/N-ethyl adjacent to an activating group) is 1. The lowest BCUT2D eigenvalue weighted by Crippen LogP contribution is -2.51. The Morgan fingerprint density at radius 2 is 1.87 bits per heavy atom. The number of benzene rings is 1. The Kier molecular flexibility index (Phi) is 3.51. The topological polar surface area (TPSA) is 43.9 Å². The number of rotatable bonds is 2. The minimum Gasteiger partial charge on any atom is -0.368 e. The maximum absolute atomic E-state index is 12.3. The molecule has 122 valence electrons. The van der Waals surface area contributed by atoms with Gasteiger partial charge in [-0.2, -0.15) is 0 Å². The van der Waals surface area contributed by atoms with Gasteiger partial charge in [-0.05, 0) is 36.6 Å². The number of hydrogen-bond acceptors (Lipinski definition) is 3. The Morgan fingerprint density at radius 3 is 2.52 bits per heavy atom. The molecule has 3 aliphatic rings. The minimum absolute atomic E-state index is 0.160. The van der Waals surface area contributed by atoms with Crippen LogP contribution in [0.3, 0.4) is 0 Å². The first-order valence-electron chi connectivity index (χ1n) is 8.57. The predicted molar refractivity (Wildman–Crippen MR) is 89.7 cm³/mol. The standard InChI is InChI=1S/C18H23N3O2/c1-19-16-6-5-15(11-14(16)12-17(19)22)20-7-9-21(10-8-20)18(23)13-3-2-4-13/h5-6,11,13H,2-4,7-10,12H2,1H3. The number of piperazine rings is 1. The lowest BCUT2D eigenvalue weighted by Gasteiger charge is -2.39. The molecule has 2 heterocycles. The van der Waals surface area contributed by atoms with Crippen LogP contribution in [-0.4, -0.2) is 49.9 Å². The minimum atomic E-state index is 0.160. The lowest BCUT2D eigenvalue weighted by atomic mass is 9.84. The summed E-state index contributed by atoms with van der Waals surface area (Å²) in [6.45, 7) is 3.37. The van der Waals surface area contributed by atoms with Crippen LogP contribution in [0.5, 0.6) is 0 Å². The van der Waals surface area contributed by atoms with Crippen LogP contribution in [-0.2, 0) is 16.0 Å². The van der Waals surface area contributed by atoms with Crippen LogP contribution in [0.4, 0.5) is 11.4 Å². The van der Waals surface area contributed by atoms with Gasteiger partial charge in [0.25, 0.3) is 0 Å². The van der Waals surface area contributed by atoms with E-state index < -0.39 is 0 Å². The molecule has 0 aromatic heterocycles. The van der Waals surface area contributed by atoms with Crippen LogP contribution >= 0.6 is 0 Å². The third-order valence-electron chi connectivity index (χ3n) is 5.55. The first-order valence-corrected chi connectivity index (χ1v) is 8.57. The van der Waals surface area contributed by atoms with Crippen LogP contribution < -0.4 is 9.80 Å². The van der Waals surface area contributed by atoms with Crippen LogP contribution in [0.1, 0.15) is 24.8 Å². The average Bonchev–Trinajstić information content (AvgIpc) is 2.80. The van der Waals surface area contributed by atoms with Gasteiger partial charge in [0.1, 0.15) is 0 Å². The van der Waals surface area contributed by atoms with Crippen molar-refractivity contribution in [1.29, 1.82) is 0 Å². The number of amides is 2. The van der Waals surface area contributed by atoms with Gasteiger partial charge < -0.3 is 14.7 Å². The molecule has 2 amide bonds. The number of nitrogens with zero attached hydrogens (tertiary/aromatic N) is 3. The van der Waals surface area contributed by atoms with Crippen molar-refractivity contribution in [2.75, 3.05) is 43.0 Å². The number of fused-ring (bicyclic) bond motifs is 1. The van der Waals surface area contributed by atoms with E-state index in [2.05, 4.69) is 17.0 Å². The average molecular weight is 313 g/mol. The molecular weight excluding hydrogens is 290 g/mol. The van der Waals surface area contributed by atoms with Crippen molar-refractivity contribution < 1.29 is 9.59 Å². The monoisotopic (exact) mass is 313 g/mol. The van der Waals surface area contributed by atoms with Crippen molar-refractivity contribution in [3.8, 4) is 0 Å². The fourth-order valence-electron chi connectivity index (χ4n) is 3.75. The zero-order chi connectivity index (χ0) is 16.0. The van der Waals surface area contributed by atoms with E-state index in [1.807, 2.05) is 18.0 Å². The molecule has 0 spiro atoms. The zero-order valence-corrected chi connectivity index (χ0v) is 13.6. The number of anilines is 2. The summed E-state index contributed by atoms with van der Waals surface area (Å²) in [5.74, 6) is 0.813. The second-order valence-corrected chi connectivity index (χ2v) is 6.88. The van der Waals surface area contributed by atoms with Gasteiger partial charge in [0.15, 0.2) is 0 Å². The highest BCUT2D eigenvalue weighted by Crippen LogP contribution is 2.32. The van der Waals surface area contributed by atoms with Crippen molar-refractivity contribution in [3.05, 3.63) is 23.8 Å². The molecule has 5 nitrogen and oxygen atoms in total. The molecule has 1 aliphatic carbocycles. The molecule has 1 aromatic rings. The van der Waals surface area contributed by atoms with Gasteiger partial charge in [0, 0.05) is 50.5 Å². The summed E-state index contributed by atoms with van der Waals surface area (Å²) in [4.78, 5) is 30.2. The molecule has 1 saturated heterocycles. The third-order valence-corrected chi connectivity index (χ3v) is 5.55. The normalized spacial score (nSPS) is 21.4. The Morgan fingerprint density at radius 1 is 1.13 bits per heavy atom. The van der Waals surface area contributed by atoms with Crippen LogP contribution in [0.2, 0.25) is 0 Å². The molecule has 0 radical (unpaired) electrons. The molecule has 1 saturated carbocycles. The van der Waals surface area contributed by atoms with Crippen molar-refractivity contribution in [1.82, 2.24) is 4.90 Å². The number of carbonyl (C=O) groups is 2. The molecule has 2 fully saturated rings. The predicted octanol–water partition coefficient (Wildman–Crippen LogP) is 1.65. The van der Waals surface area contributed by atoms with Crippen LogP contribution in [0.25, 0.3) is 0 Å². The van der Waals surface area contributed by atoms with Crippen molar-refractivity contribution >= 4 is 23.2 Å². The zero-order valence-electron chi connectivity index (χ0n) is 13.6. The molecule has 23 heavy (non-hydrogen) atoms. The third kappa shape index (κ3) is 2.48. The summed E-state index contributed by atoms with van der Waals surface area (Å²) in [6, 6.07) is 6.28. The summed E-state index contributed by atoms with van der Waals surface area (Å²) >= 11 is 0. The van der Waals surface area contributed by atoms with Crippen LogP contribution in [0, 0.1) is 5.92 Å². The molecule has 0 atom stereocenters. The van der Waals surface area contributed by atoms with E-state index in [1.165, 1.54) is 12.1 Å². The summed E-state index contributed by atoms with van der Waals surface area (Å²) in [5.41, 5.74) is 3.31. The van der Waals surface area contributed by atoms with Gasteiger partial charge in [-0.15, -0.1) is 0 Å². The highest BCUT2D eigenvalue weighted by atomic mass is 16.2. The smallest absolute Gasteiger partial charge is 0.231 e. The molecule has 2 aliphatic heterocycles. The van der Waals surface area contributed by atoms with E-state index in [9.17, 15) is 9.59 Å². The van der Waals surface area contributed by atoms with E-state index in [0.29, 0.717) is 18.2 Å². The van der Waals surface area contributed by atoms with Gasteiger partial charge in [-0.1, -0.05) is 6.42 Å². The largest absolute Gasteiger partial charge is 0.368 e. The van der Waals surface area contributed by atoms with Gasteiger partial charge in [0.2, 0.25) is 11.8 Å².